The van der Waals surface area contributed by atoms with Gasteiger partial charge in [-0.2, -0.15) is 0 Å². The van der Waals surface area contributed by atoms with E-state index in [4.69, 9.17) is 5.73 Å². The predicted molar refractivity (Wildman–Crippen MR) is 82.1 cm³/mol. The molecule has 0 aliphatic carbocycles. The van der Waals surface area contributed by atoms with E-state index in [-0.39, 0.29) is 12.1 Å². The zero-order valence-corrected chi connectivity index (χ0v) is 12.6. The van der Waals surface area contributed by atoms with Gasteiger partial charge in [-0.25, -0.2) is 9.78 Å². The number of nitrogens with zero attached hydrogens (tertiary/aromatic N) is 5. The number of pyridine rings is 1. The molecule has 0 unspecified atom stereocenters. The summed E-state index contributed by atoms with van der Waals surface area (Å²) in [7, 11) is 3.21. The van der Waals surface area contributed by atoms with E-state index in [1.807, 2.05) is 0 Å². The fraction of sp³-hybridized carbons (Fsp3) is 0.214. The smallest absolute Gasteiger partial charge is 0.332 e. The number of imidazole rings is 1. The largest absolute Gasteiger partial charge is 0.366 e. The molecule has 3 aromatic heterocycles. The SMILES string of the molecule is Cn1cnc2c1c(=O)n(Cc1ccncc1C(N)=O)c(=O)n2C. The second kappa shape index (κ2) is 5.20. The van der Waals surface area contributed by atoms with E-state index in [1.165, 1.54) is 30.3 Å². The highest BCUT2D eigenvalue weighted by atomic mass is 16.2. The average Bonchev–Trinajstić information content (AvgIpc) is 2.91. The minimum absolute atomic E-state index is 0.0760. The quantitative estimate of drug-likeness (QED) is 0.663. The predicted octanol–water partition coefficient (Wildman–Crippen LogP) is -1.02. The van der Waals surface area contributed by atoms with Gasteiger partial charge in [-0.1, -0.05) is 0 Å². The first-order valence-corrected chi connectivity index (χ1v) is 6.75. The van der Waals surface area contributed by atoms with Crippen molar-refractivity contribution in [2.45, 2.75) is 6.54 Å². The summed E-state index contributed by atoms with van der Waals surface area (Å²) >= 11 is 0. The fourth-order valence-electron chi connectivity index (χ4n) is 2.49. The molecule has 0 saturated carbocycles. The molecule has 9 nitrogen and oxygen atoms in total. The summed E-state index contributed by atoms with van der Waals surface area (Å²) in [6.45, 7) is -0.0760. The minimum Gasteiger partial charge on any atom is -0.366 e. The zero-order chi connectivity index (χ0) is 16.7. The van der Waals surface area contributed by atoms with Crippen molar-refractivity contribution in [3.05, 3.63) is 56.8 Å². The van der Waals surface area contributed by atoms with E-state index < -0.39 is 17.2 Å². The zero-order valence-electron chi connectivity index (χ0n) is 12.6. The van der Waals surface area contributed by atoms with Crippen LogP contribution in [0.25, 0.3) is 11.2 Å². The number of aryl methyl sites for hydroxylation is 2. The number of fused-ring (bicyclic) bond motifs is 1. The van der Waals surface area contributed by atoms with Crippen LogP contribution in [0.2, 0.25) is 0 Å². The summed E-state index contributed by atoms with van der Waals surface area (Å²) in [6.07, 6.45) is 4.26. The second-order valence-corrected chi connectivity index (χ2v) is 5.16. The fourth-order valence-corrected chi connectivity index (χ4v) is 2.49. The van der Waals surface area contributed by atoms with Crippen LogP contribution in [0.1, 0.15) is 15.9 Å². The molecule has 0 fully saturated rings. The number of aromatic nitrogens is 5. The molecule has 0 aromatic carbocycles. The lowest BCUT2D eigenvalue weighted by Gasteiger charge is -2.10. The van der Waals surface area contributed by atoms with Crippen molar-refractivity contribution >= 4 is 17.1 Å². The Bertz CT molecular complexity index is 1040. The Morgan fingerprint density at radius 1 is 1.30 bits per heavy atom. The summed E-state index contributed by atoms with van der Waals surface area (Å²) < 4.78 is 3.89. The molecule has 0 aliphatic heterocycles. The van der Waals surface area contributed by atoms with E-state index in [2.05, 4.69) is 9.97 Å². The summed E-state index contributed by atoms with van der Waals surface area (Å²) in [5.74, 6) is -0.667. The van der Waals surface area contributed by atoms with Crippen molar-refractivity contribution in [1.82, 2.24) is 23.7 Å². The molecule has 0 aliphatic rings. The molecule has 1 amide bonds. The van der Waals surface area contributed by atoms with Crippen LogP contribution in [0.5, 0.6) is 0 Å². The number of carbonyl (C=O) groups excluding carboxylic acids is 1. The molecule has 3 rings (SSSR count). The Balaban J connectivity index is 2.26. The normalized spacial score (nSPS) is 11.0. The second-order valence-electron chi connectivity index (χ2n) is 5.16. The number of rotatable bonds is 3. The van der Waals surface area contributed by atoms with Crippen molar-refractivity contribution in [2.75, 3.05) is 0 Å². The molecule has 118 valence electrons. The molecule has 3 heterocycles. The van der Waals surface area contributed by atoms with E-state index in [1.54, 1.807) is 17.7 Å². The van der Waals surface area contributed by atoms with Crippen LogP contribution in [0.4, 0.5) is 0 Å². The van der Waals surface area contributed by atoms with Crippen molar-refractivity contribution in [1.29, 1.82) is 0 Å². The maximum Gasteiger partial charge on any atom is 0.332 e. The van der Waals surface area contributed by atoms with E-state index in [9.17, 15) is 14.4 Å². The molecule has 0 radical (unpaired) electrons. The molecule has 23 heavy (non-hydrogen) atoms. The Labute approximate surface area is 129 Å². The van der Waals surface area contributed by atoms with Crippen LogP contribution in [0.3, 0.4) is 0 Å². The number of hydrogen-bond acceptors (Lipinski definition) is 5. The first-order chi connectivity index (χ1) is 10.9. The molecule has 0 atom stereocenters. The lowest BCUT2D eigenvalue weighted by atomic mass is 10.1. The van der Waals surface area contributed by atoms with Gasteiger partial charge in [0.05, 0.1) is 18.4 Å². The van der Waals surface area contributed by atoms with Crippen molar-refractivity contribution in [3.63, 3.8) is 0 Å². The number of primary amides is 1. The number of amides is 1. The van der Waals surface area contributed by atoms with Crippen LogP contribution in [0, 0.1) is 0 Å². The third-order valence-electron chi connectivity index (χ3n) is 3.71. The summed E-state index contributed by atoms with van der Waals surface area (Å²) in [4.78, 5) is 44.4. The topological polar surface area (TPSA) is 118 Å². The monoisotopic (exact) mass is 314 g/mol. The lowest BCUT2D eigenvalue weighted by Crippen LogP contribution is -2.40. The van der Waals surface area contributed by atoms with Gasteiger partial charge in [0.2, 0.25) is 0 Å². The molecular formula is C14H14N6O3. The molecule has 0 saturated heterocycles. The van der Waals surface area contributed by atoms with Gasteiger partial charge >= 0.3 is 5.69 Å². The van der Waals surface area contributed by atoms with Gasteiger partial charge in [0.1, 0.15) is 0 Å². The standard InChI is InChI=1S/C14H14N6O3/c1-18-7-17-12-10(18)13(22)20(14(23)19(12)2)6-8-3-4-16-5-9(8)11(15)21/h3-5,7H,6H2,1-2H3,(H2,15,21). The Kier molecular flexibility index (Phi) is 3.32. The first kappa shape index (κ1) is 14.7. The van der Waals surface area contributed by atoms with E-state index in [0.717, 1.165) is 4.57 Å². The highest BCUT2D eigenvalue weighted by Gasteiger charge is 2.17. The third-order valence-corrected chi connectivity index (χ3v) is 3.71. The number of hydrogen-bond donors (Lipinski definition) is 1. The lowest BCUT2D eigenvalue weighted by molar-refractivity contribution is 0.0999. The molecule has 3 aromatic rings. The van der Waals surface area contributed by atoms with Crippen LogP contribution in [-0.4, -0.2) is 29.6 Å². The van der Waals surface area contributed by atoms with Gasteiger partial charge in [-0.3, -0.25) is 23.7 Å². The first-order valence-electron chi connectivity index (χ1n) is 6.75. The summed E-state index contributed by atoms with van der Waals surface area (Å²) in [5, 5.41) is 0. The molecular weight excluding hydrogens is 300 g/mol. The Hall–Kier alpha value is -3.23. The van der Waals surface area contributed by atoms with Gasteiger partial charge in [0, 0.05) is 26.5 Å². The van der Waals surface area contributed by atoms with E-state index in [0.29, 0.717) is 16.7 Å². The highest BCUT2D eigenvalue weighted by Crippen LogP contribution is 2.08. The van der Waals surface area contributed by atoms with Crippen LogP contribution < -0.4 is 17.0 Å². The van der Waals surface area contributed by atoms with Crippen LogP contribution in [0.15, 0.2) is 34.4 Å². The van der Waals surface area contributed by atoms with Gasteiger partial charge in [0.25, 0.3) is 11.5 Å². The molecule has 2 N–H and O–H groups in total. The van der Waals surface area contributed by atoms with Crippen molar-refractivity contribution < 1.29 is 4.79 Å². The Morgan fingerprint density at radius 2 is 2.04 bits per heavy atom. The van der Waals surface area contributed by atoms with Crippen molar-refractivity contribution in [3.8, 4) is 0 Å². The third kappa shape index (κ3) is 2.22. The van der Waals surface area contributed by atoms with Gasteiger partial charge in [-0.15, -0.1) is 0 Å². The minimum atomic E-state index is -0.667. The van der Waals surface area contributed by atoms with Gasteiger partial charge in [-0.05, 0) is 11.6 Å². The van der Waals surface area contributed by atoms with Gasteiger partial charge in [0.15, 0.2) is 11.2 Å². The maximum absolute atomic E-state index is 12.6. The highest BCUT2D eigenvalue weighted by molar-refractivity contribution is 5.93. The van der Waals surface area contributed by atoms with E-state index >= 15 is 0 Å². The van der Waals surface area contributed by atoms with Gasteiger partial charge < -0.3 is 10.3 Å². The Morgan fingerprint density at radius 3 is 2.74 bits per heavy atom. The molecule has 0 spiro atoms. The maximum atomic E-state index is 12.6. The molecule has 0 bridgehead atoms. The number of nitrogens with two attached hydrogens (primary N) is 1. The molecule has 9 heteroatoms. The van der Waals surface area contributed by atoms with Crippen LogP contribution >= 0.6 is 0 Å². The average molecular weight is 314 g/mol. The number of carbonyl (C=O) groups is 1. The van der Waals surface area contributed by atoms with Crippen LogP contribution in [-0.2, 0) is 20.6 Å². The van der Waals surface area contributed by atoms with Crippen molar-refractivity contribution in [2.24, 2.45) is 19.8 Å². The summed E-state index contributed by atoms with van der Waals surface area (Å²) in [5.41, 5.74) is 5.55. The summed E-state index contributed by atoms with van der Waals surface area (Å²) in [6, 6.07) is 1.55.